The molecular formula is C19H21N. The van der Waals surface area contributed by atoms with E-state index in [0.29, 0.717) is 0 Å². The van der Waals surface area contributed by atoms with Crippen LogP contribution in [0.2, 0.25) is 0 Å². The lowest BCUT2D eigenvalue weighted by Gasteiger charge is -2.44. The third-order valence-electron chi connectivity index (χ3n) is 5.22. The summed E-state index contributed by atoms with van der Waals surface area (Å²) in [6.07, 6.45) is 3.89. The molecule has 2 aromatic rings. The van der Waals surface area contributed by atoms with Gasteiger partial charge in [-0.2, -0.15) is 0 Å². The first-order valence-electron chi connectivity index (χ1n) is 7.66. The van der Waals surface area contributed by atoms with Gasteiger partial charge in [0.15, 0.2) is 0 Å². The molecule has 0 radical (unpaired) electrons. The zero-order valence-corrected chi connectivity index (χ0v) is 12.3. The number of rotatable bonds is 0. The van der Waals surface area contributed by atoms with Crippen LogP contribution in [0.1, 0.15) is 36.0 Å². The van der Waals surface area contributed by atoms with Gasteiger partial charge in [-0.15, -0.1) is 0 Å². The van der Waals surface area contributed by atoms with Gasteiger partial charge in [-0.3, -0.25) is 4.90 Å². The third-order valence-corrected chi connectivity index (χ3v) is 5.22. The Hall–Kier alpha value is -1.60. The summed E-state index contributed by atoms with van der Waals surface area (Å²) in [4.78, 5) is 2.58. The van der Waals surface area contributed by atoms with E-state index in [-0.39, 0.29) is 5.54 Å². The molecule has 1 spiro atoms. The Bertz CT molecular complexity index is 673. The maximum Gasteiger partial charge on any atom is 0.0725 e. The van der Waals surface area contributed by atoms with E-state index in [0.717, 1.165) is 0 Å². The van der Waals surface area contributed by atoms with Crippen LogP contribution in [0.15, 0.2) is 42.5 Å². The number of piperidine rings is 1. The van der Waals surface area contributed by atoms with Crippen LogP contribution in [0.3, 0.4) is 0 Å². The first-order chi connectivity index (χ1) is 9.73. The van der Waals surface area contributed by atoms with Crippen molar-refractivity contribution in [3.05, 3.63) is 59.2 Å². The SMILES string of the molecule is Cc1ccc2c(c1)C1(CCCCN1C)c1ccccc1-2. The maximum absolute atomic E-state index is 2.58. The molecular weight excluding hydrogens is 242 g/mol. The predicted octanol–water partition coefficient (Wildman–Crippen LogP) is 4.33. The second-order valence-corrected chi connectivity index (χ2v) is 6.33. The van der Waals surface area contributed by atoms with Crippen molar-refractivity contribution in [3.8, 4) is 11.1 Å². The monoisotopic (exact) mass is 263 g/mol. The van der Waals surface area contributed by atoms with Crippen LogP contribution in [-0.2, 0) is 5.54 Å². The number of likely N-dealkylation sites (tertiary alicyclic amines) is 1. The molecule has 2 aromatic carbocycles. The van der Waals surface area contributed by atoms with Gasteiger partial charge in [0.05, 0.1) is 5.54 Å². The minimum atomic E-state index is 0.121. The summed E-state index contributed by atoms with van der Waals surface area (Å²) in [6.45, 7) is 3.40. The molecule has 0 aromatic heterocycles. The molecule has 20 heavy (non-hydrogen) atoms. The largest absolute Gasteiger partial charge is 0.293 e. The molecule has 1 unspecified atom stereocenters. The molecule has 1 aliphatic carbocycles. The fourth-order valence-corrected chi connectivity index (χ4v) is 4.25. The lowest BCUT2D eigenvalue weighted by Crippen LogP contribution is -2.46. The van der Waals surface area contributed by atoms with Crippen molar-refractivity contribution in [1.82, 2.24) is 4.90 Å². The van der Waals surface area contributed by atoms with E-state index < -0.39 is 0 Å². The third kappa shape index (κ3) is 1.42. The molecule has 102 valence electrons. The van der Waals surface area contributed by atoms with Gasteiger partial charge in [0.25, 0.3) is 0 Å². The highest BCUT2D eigenvalue weighted by Gasteiger charge is 2.46. The molecule has 1 fully saturated rings. The molecule has 1 atom stereocenters. The van der Waals surface area contributed by atoms with Gasteiger partial charge in [-0.05, 0) is 62.0 Å². The smallest absolute Gasteiger partial charge is 0.0725 e. The van der Waals surface area contributed by atoms with E-state index in [1.807, 2.05) is 0 Å². The fourth-order valence-electron chi connectivity index (χ4n) is 4.25. The van der Waals surface area contributed by atoms with Crippen LogP contribution >= 0.6 is 0 Å². The average Bonchev–Trinajstić information content (AvgIpc) is 2.74. The highest BCUT2D eigenvalue weighted by atomic mass is 15.2. The van der Waals surface area contributed by atoms with Gasteiger partial charge in [-0.1, -0.05) is 48.0 Å². The van der Waals surface area contributed by atoms with Crippen molar-refractivity contribution in [2.45, 2.75) is 31.7 Å². The summed E-state index contributed by atoms with van der Waals surface area (Å²) in [5, 5.41) is 0. The standard InChI is InChI=1S/C19H21N/c1-14-9-10-16-15-7-3-4-8-17(15)19(18(16)13-14)11-5-6-12-20(19)2/h3-4,7-10,13H,5-6,11-12H2,1-2H3. The molecule has 1 nitrogen and oxygen atoms in total. The van der Waals surface area contributed by atoms with Gasteiger partial charge in [-0.25, -0.2) is 0 Å². The first kappa shape index (κ1) is 12.2. The molecule has 4 rings (SSSR count). The molecule has 2 aliphatic rings. The van der Waals surface area contributed by atoms with E-state index >= 15 is 0 Å². The predicted molar refractivity (Wildman–Crippen MR) is 83.9 cm³/mol. The molecule has 1 aliphatic heterocycles. The van der Waals surface area contributed by atoms with Crippen molar-refractivity contribution in [3.63, 3.8) is 0 Å². The van der Waals surface area contributed by atoms with E-state index in [9.17, 15) is 0 Å². The minimum Gasteiger partial charge on any atom is -0.293 e. The van der Waals surface area contributed by atoms with Crippen molar-refractivity contribution < 1.29 is 0 Å². The molecule has 0 N–H and O–H groups in total. The number of nitrogens with zero attached hydrogens (tertiary/aromatic N) is 1. The summed E-state index contributed by atoms with van der Waals surface area (Å²) in [6, 6.07) is 16.0. The van der Waals surface area contributed by atoms with E-state index in [4.69, 9.17) is 0 Å². The number of hydrogen-bond acceptors (Lipinski definition) is 1. The molecule has 0 amide bonds. The Kier molecular flexibility index (Phi) is 2.55. The Labute approximate surface area is 121 Å². The second kappa shape index (κ2) is 4.20. The van der Waals surface area contributed by atoms with Crippen molar-refractivity contribution >= 4 is 0 Å². The summed E-state index contributed by atoms with van der Waals surface area (Å²) < 4.78 is 0. The average molecular weight is 263 g/mol. The van der Waals surface area contributed by atoms with Crippen molar-refractivity contribution in [2.24, 2.45) is 0 Å². The zero-order valence-electron chi connectivity index (χ0n) is 12.3. The summed E-state index contributed by atoms with van der Waals surface area (Å²) in [7, 11) is 2.30. The highest BCUT2D eigenvalue weighted by molar-refractivity contribution is 5.81. The van der Waals surface area contributed by atoms with E-state index in [1.54, 1.807) is 0 Å². The summed E-state index contributed by atoms with van der Waals surface area (Å²) in [5.41, 5.74) is 7.42. The van der Waals surface area contributed by atoms with Gasteiger partial charge in [0.1, 0.15) is 0 Å². The van der Waals surface area contributed by atoms with Gasteiger partial charge in [0.2, 0.25) is 0 Å². The maximum atomic E-state index is 2.58. The van der Waals surface area contributed by atoms with Crippen molar-refractivity contribution in [1.29, 1.82) is 0 Å². The number of benzene rings is 2. The molecule has 1 heteroatoms. The molecule has 0 bridgehead atoms. The topological polar surface area (TPSA) is 3.24 Å². The van der Waals surface area contributed by atoms with Crippen LogP contribution in [0.5, 0.6) is 0 Å². The molecule has 1 heterocycles. The number of fused-ring (bicyclic) bond motifs is 5. The van der Waals surface area contributed by atoms with Gasteiger partial charge < -0.3 is 0 Å². The summed E-state index contributed by atoms with van der Waals surface area (Å²) >= 11 is 0. The quantitative estimate of drug-likeness (QED) is 0.683. The lowest BCUT2D eigenvalue weighted by atomic mass is 9.78. The zero-order chi connectivity index (χ0) is 13.7. The fraction of sp³-hybridized carbons (Fsp3) is 0.368. The Balaban J connectivity index is 2.06. The Morgan fingerprint density at radius 1 is 0.950 bits per heavy atom. The van der Waals surface area contributed by atoms with E-state index in [1.165, 1.54) is 53.6 Å². The minimum absolute atomic E-state index is 0.121. The normalized spacial score (nSPS) is 24.7. The van der Waals surface area contributed by atoms with Crippen molar-refractivity contribution in [2.75, 3.05) is 13.6 Å². The molecule has 0 saturated carbocycles. The number of aryl methyl sites for hydroxylation is 1. The highest BCUT2D eigenvalue weighted by Crippen LogP contribution is 2.54. The second-order valence-electron chi connectivity index (χ2n) is 6.33. The van der Waals surface area contributed by atoms with Gasteiger partial charge >= 0.3 is 0 Å². The van der Waals surface area contributed by atoms with Gasteiger partial charge in [0, 0.05) is 0 Å². The Morgan fingerprint density at radius 2 is 1.75 bits per heavy atom. The van der Waals surface area contributed by atoms with E-state index in [2.05, 4.69) is 61.3 Å². The van der Waals surface area contributed by atoms with Crippen LogP contribution in [0, 0.1) is 6.92 Å². The lowest BCUT2D eigenvalue weighted by molar-refractivity contribution is 0.113. The summed E-state index contributed by atoms with van der Waals surface area (Å²) in [5.74, 6) is 0. The van der Waals surface area contributed by atoms with Crippen LogP contribution in [-0.4, -0.2) is 18.5 Å². The van der Waals surface area contributed by atoms with Crippen LogP contribution in [0.25, 0.3) is 11.1 Å². The number of hydrogen-bond donors (Lipinski definition) is 0. The first-order valence-corrected chi connectivity index (χ1v) is 7.66. The molecule has 1 saturated heterocycles. The van der Waals surface area contributed by atoms with Crippen LogP contribution < -0.4 is 0 Å². The van der Waals surface area contributed by atoms with Crippen LogP contribution in [0.4, 0.5) is 0 Å². The Morgan fingerprint density at radius 3 is 2.60 bits per heavy atom.